The van der Waals surface area contributed by atoms with Gasteiger partial charge in [0.2, 0.25) is 9.99 Å². The lowest BCUT2D eigenvalue weighted by Crippen LogP contribution is -2.71. The highest BCUT2D eigenvalue weighted by atomic mass is 35.5. The van der Waals surface area contributed by atoms with Crippen molar-refractivity contribution in [3.8, 4) is 0 Å². The molecule has 1 saturated heterocycles. The van der Waals surface area contributed by atoms with E-state index in [1.165, 1.54) is 34.4 Å². The van der Waals surface area contributed by atoms with Gasteiger partial charge in [-0.15, -0.1) is 16.9 Å². The lowest BCUT2D eigenvalue weighted by Gasteiger charge is -2.49. The summed E-state index contributed by atoms with van der Waals surface area (Å²) in [6.07, 6.45) is 1.21. The van der Waals surface area contributed by atoms with Crippen LogP contribution in [0.2, 0.25) is 0 Å². The Bertz CT molecular complexity index is 1270. The first-order valence-electron chi connectivity index (χ1n) is 9.60. The fourth-order valence-electron chi connectivity index (χ4n) is 3.10. The Kier molecular flexibility index (Phi) is 8.08. The van der Waals surface area contributed by atoms with Crippen LogP contribution in [0.4, 0.5) is 0 Å². The molecule has 0 spiro atoms. The monoisotopic (exact) mass is 593 g/mol. The van der Waals surface area contributed by atoms with Gasteiger partial charge in [0.05, 0.1) is 17.9 Å². The molecule has 36 heavy (non-hydrogen) atoms. The van der Waals surface area contributed by atoms with E-state index in [4.69, 9.17) is 23.2 Å². The molecule has 0 aliphatic carbocycles. The molecule has 0 aromatic carbocycles. The lowest BCUT2D eigenvalue weighted by molar-refractivity contribution is -0.150. The van der Waals surface area contributed by atoms with Crippen LogP contribution in [0.25, 0.3) is 0 Å². The van der Waals surface area contributed by atoms with Crippen LogP contribution in [-0.2, 0) is 31.1 Å². The minimum atomic E-state index is -1.54. The molecule has 20 heteroatoms. The van der Waals surface area contributed by atoms with E-state index in [0.29, 0.717) is 16.5 Å². The number of carboxylic acids is 1. The number of carbonyl (C=O) groups excluding carboxylic acids is 3. The minimum absolute atomic E-state index is 0.0189. The first kappa shape index (κ1) is 26.3. The molecule has 2 aliphatic heterocycles. The van der Waals surface area contributed by atoms with Crippen molar-refractivity contribution in [2.75, 3.05) is 11.5 Å². The number of fused-ring (bicyclic) bond motifs is 1. The topological polar surface area (TPSA) is 195 Å². The number of oxime groups is 1. The summed E-state index contributed by atoms with van der Waals surface area (Å²) in [4.78, 5) is 53.5. The van der Waals surface area contributed by atoms with Crippen molar-refractivity contribution >= 4 is 87.9 Å². The highest BCUT2D eigenvalue weighted by Crippen LogP contribution is 2.41. The van der Waals surface area contributed by atoms with E-state index in [2.05, 4.69) is 39.6 Å². The minimum Gasteiger partial charge on any atom is -0.477 e. The summed E-state index contributed by atoms with van der Waals surface area (Å²) >= 11 is 14.1. The number of carbonyl (C=O) groups is 4. The molecule has 2 aromatic heterocycles. The van der Waals surface area contributed by atoms with E-state index in [1.54, 1.807) is 7.05 Å². The number of nitrogens with zero attached hydrogens (tertiary/aromatic N) is 8. The maximum absolute atomic E-state index is 12.9. The molecule has 2 N–H and O–H groups in total. The average molecular weight is 594 g/mol. The number of aryl methyl sites for hydroxylation is 1. The van der Waals surface area contributed by atoms with Crippen LogP contribution >= 0.6 is 58.5 Å². The Morgan fingerprint density at radius 2 is 2.19 bits per heavy atom. The Hall–Kier alpha value is -2.80. The maximum Gasteiger partial charge on any atom is 0.367 e. The van der Waals surface area contributed by atoms with Crippen LogP contribution in [-0.4, -0.2) is 96.2 Å². The van der Waals surface area contributed by atoms with Crippen LogP contribution in [0.15, 0.2) is 27.8 Å². The molecular formula is C16H13Cl2N9O6S3. The summed E-state index contributed by atoms with van der Waals surface area (Å²) in [5, 5.41) is 26.7. The zero-order chi connectivity index (χ0) is 26.0. The highest BCUT2D eigenvalue weighted by Gasteiger charge is 2.54. The van der Waals surface area contributed by atoms with Crippen molar-refractivity contribution in [2.45, 2.75) is 21.4 Å². The fraction of sp³-hybridized carbons (Fsp3) is 0.375. The number of aliphatic carboxylic acids is 1. The number of halogens is 2. The summed E-state index contributed by atoms with van der Waals surface area (Å²) in [6.45, 7) is 0. The smallest absolute Gasteiger partial charge is 0.367 e. The predicted octanol–water partition coefficient (Wildman–Crippen LogP) is -0.357. The van der Waals surface area contributed by atoms with Gasteiger partial charge in [-0.05, 0) is 16.0 Å². The molecule has 4 rings (SSSR count). The number of amides is 2. The zero-order valence-electron chi connectivity index (χ0n) is 17.8. The van der Waals surface area contributed by atoms with Gasteiger partial charge in [-0.25, -0.2) is 14.3 Å². The highest BCUT2D eigenvalue weighted by molar-refractivity contribution is 8.01. The normalized spacial score (nSPS) is 19.7. The molecule has 1 unspecified atom stereocenters. The largest absolute Gasteiger partial charge is 0.477 e. The SMILES string of the molecule is Cn1nnnc1SCC1=C(C(=O)O)N2C(=O)C(NC(=O)/C(=N/OC(=O)C(Cl)Cl)c3cnsn3)[C@H]2SC1. The Morgan fingerprint density at radius 3 is 2.81 bits per heavy atom. The number of alkyl halides is 2. The van der Waals surface area contributed by atoms with Gasteiger partial charge in [-0.2, -0.15) is 8.75 Å². The fourth-order valence-corrected chi connectivity index (χ4v) is 5.93. The standard InChI is InChI=1S/C16H13Cl2N9O6S3/c1-26-16(21-24-25-26)35-4-5-3-34-13-8(12(29)27(13)9(5)14(30)31)20-11(28)7(6-2-19-36-23-6)22-33-15(32)10(17)18/h2,8,10,13H,3-4H2,1H3,(H,20,28)(H,30,31)/b22-7+/t8?,13-/m1/s1. The zero-order valence-corrected chi connectivity index (χ0v) is 21.7. The van der Waals surface area contributed by atoms with Crippen LogP contribution in [0.1, 0.15) is 5.69 Å². The number of hydrogen-bond acceptors (Lipinski definition) is 14. The number of carboxylic acid groups (broad SMARTS) is 1. The van der Waals surface area contributed by atoms with E-state index in [9.17, 15) is 24.3 Å². The van der Waals surface area contributed by atoms with E-state index < -0.39 is 45.7 Å². The van der Waals surface area contributed by atoms with Crippen molar-refractivity contribution in [1.82, 2.24) is 39.2 Å². The van der Waals surface area contributed by atoms with Gasteiger partial charge < -0.3 is 15.3 Å². The summed E-state index contributed by atoms with van der Waals surface area (Å²) in [5.74, 6) is -3.38. The van der Waals surface area contributed by atoms with Gasteiger partial charge in [-0.1, -0.05) is 40.1 Å². The molecule has 4 heterocycles. The lowest BCUT2D eigenvalue weighted by atomic mass is 10.0. The van der Waals surface area contributed by atoms with E-state index in [-0.39, 0.29) is 17.1 Å². The first-order valence-corrected chi connectivity index (χ1v) is 13.2. The maximum atomic E-state index is 12.9. The van der Waals surface area contributed by atoms with Crippen molar-refractivity contribution < 1.29 is 29.1 Å². The predicted molar refractivity (Wildman–Crippen MR) is 127 cm³/mol. The summed E-state index contributed by atoms with van der Waals surface area (Å²) in [5.41, 5.74) is -0.107. The third-order valence-corrected chi connectivity index (χ3v) is 7.99. The Balaban J connectivity index is 1.49. The quantitative estimate of drug-likeness (QED) is 0.0955. The van der Waals surface area contributed by atoms with Crippen LogP contribution in [0.3, 0.4) is 0 Å². The summed E-state index contributed by atoms with van der Waals surface area (Å²) in [7, 11) is 1.65. The molecule has 2 aromatic rings. The Labute approximate surface area is 223 Å². The molecule has 2 amide bonds. The van der Waals surface area contributed by atoms with Crippen molar-refractivity contribution in [2.24, 2.45) is 12.2 Å². The molecule has 0 bridgehead atoms. The molecule has 2 atom stereocenters. The molecule has 0 radical (unpaired) electrons. The van der Waals surface area contributed by atoms with Gasteiger partial charge in [-0.3, -0.25) is 14.5 Å². The number of tetrazole rings is 1. The number of nitrogens with one attached hydrogen (secondary N) is 1. The van der Waals surface area contributed by atoms with Crippen LogP contribution < -0.4 is 5.32 Å². The number of β-lactam (4-membered cyclic amide) rings is 1. The second-order valence-electron chi connectivity index (χ2n) is 6.94. The Morgan fingerprint density at radius 1 is 1.42 bits per heavy atom. The van der Waals surface area contributed by atoms with Gasteiger partial charge in [0, 0.05) is 18.6 Å². The molecule has 190 valence electrons. The number of aromatic nitrogens is 6. The second kappa shape index (κ2) is 11.1. The number of rotatable bonds is 9. The van der Waals surface area contributed by atoms with E-state index >= 15 is 0 Å². The average Bonchev–Trinajstić information content (AvgIpc) is 3.52. The number of hydrogen-bond donors (Lipinski definition) is 2. The molecule has 2 aliphatic rings. The van der Waals surface area contributed by atoms with Gasteiger partial charge >= 0.3 is 11.9 Å². The van der Waals surface area contributed by atoms with Crippen molar-refractivity contribution in [1.29, 1.82) is 0 Å². The van der Waals surface area contributed by atoms with Crippen LogP contribution in [0, 0.1) is 0 Å². The second-order valence-corrected chi connectivity index (χ2v) is 10.6. The molecule has 1 fully saturated rings. The van der Waals surface area contributed by atoms with E-state index in [0.717, 1.165) is 16.6 Å². The molecular weight excluding hydrogens is 581 g/mol. The summed E-state index contributed by atoms with van der Waals surface area (Å²) < 4.78 is 9.10. The molecule has 15 nitrogen and oxygen atoms in total. The molecule has 0 saturated carbocycles. The third-order valence-electron chi connectivity index (χ3n) is 4.72. The van der Waals surface area contributed by atoms with Crippen molar-refractivity contribution in [3.63, 3.8) is 0 Å². The van der Waals surface area contributed by atoms with Gasteiger partial charge in [0.25, 0.3) is 11.8 Å². The third kappa shape index (κ3) is 5.31. The number of thioether (sulfide) groups is 2. The summed E-state index contributed by atoms with van der Waals surface area (Å²) in [6, 6.07) is -1.06. The van der Waals surface area contributed by atoms with Gasteiger partial charge in [0.15, 0.2) is 5.71 Å². The first-order chi connectivity index (χ1) is 17.2. The van der Waals surface area contributed by atoms with Gasteiger partial charge in [0.1, 0.15) is 22.8 Å². The van der Waals surface area contributed by atoms with Crippen LogP contribution in [0.5, 0.6) is 0 Å². The van der Waals surface area contributed by atoms with E-state index in [1.807, 2.05) is 0 Å². The van der Waals surface area contributed by atoms with Crippen molar-refractivity contribution in [3.05, 3.63) is 23.2 Å².